The van der Waals surface area contributed by atoms with Crippen molar-refractivity contribution in [3.63, 3.8) is 0 Å². The second-order valence-corrected chi connectivity index (χ2v) is 14.1. The second kappa shape index (κ2) is 23.3. The van der Waals surface area contributed by atoms with Crippen LogP contribution in [0.15, 0.2) is 127 Å². The topological polar surface area (TPSA) is 58.9 Å². The molecule has 282 valence electrons. The quantitative estimate of drug-likeness (QED) is 0.0788. The molecule has 0 spiro atoms. The van der Waals surface area contributed by atoms with Crippen molar-refractivity contribution < 1.29 is 19.7 Å². The molecule has 5 aromatic carbocycles. The van der Waals surface area contributed by atoms with Crippen molar-refractivity contribution in [3.8, 4) is 11.5 Å². The third kappa shape index (κ3) is 13.2. The van der Waals surface area contributed by atoms with Crippen LogP contribution in [-0.2, 0) is 6.42 Å². The Bertz CT molecular complexity index is 1620. The van der Waals surface area contributed by atoms with Crippen LogP contribution in [0, 0.1) is 0 Å². The summed E-state index contributed by atoms with van der Waals surface area (Å²) in [5, 5.41) is 18.3. The van der Waals surface area contributed by atoms with E-state index in [1.165, 1.54) is 72.8 Å². The Morgan fingerprint density at radius 1 is 0.472 bits per heavy atom. The van der Waals surface area contributed by atoms with E-state index in [0.29, 0.717) is 6.61 Å². The van der Waals surface area contributed by atoms with Crippen LogP contribution >= 0.6 is 0 Å². The fourth-order valence-corrected chi connectivity index (χ4v) is 6.88. The maximum absolute atomic E-state index is 9.59. The number of aliphatic hydroxyl groups excluding tert-OH is 2. The first kappa shape index (κ1) is 41.4. The van der Waals surface area contributed by atoms with E-state index in [9.17, 15) is 5.11 Å². The summed E-state index contributed by atoms with van der Waals surface area (Å²) >= 11 is 0. The van der Waals surface area contributed by atoms with Gasteiger partial charge in [0.25, 0.3) is 0 Å². The summed E-state index contributed by atoms with van der Waals surface area (Å²) in [5.41, 5.74) is 8.78. The summed E-state index contributed by atoms with van der Waals surface area (Å²) in [7, 11) is 0. The summed E-state index contributed by atoms with van der Waals surface area (Å²) < 4.78 is 11.6. The number of hydrogen-bond acceptors (Lipinski definition) is 4. The zero-order valence-electron chi connectivity index (χ0n) is 32.6. The molecule has 0 aliphatic carbocycles. The molecule has 0 saturated carbocycles. The van der Waals surface area contributed by atoms with Gasteiger partial charge < -0.3 is 19.7 Å². The number of hydrogen-bond donors (Lipinski definition) is 2. The van der Waals surface area contributed by atoms with Gasteiger partial charge >= 0.3 is 0 Å². The van der Waals surface area contributed by atoms with Gasteiger partial charge in [0.2, 0.25) is 0 Å². The first-order valence-corrected chi connectivity index (χ1v) is 19.9. The van der Waals surface area contributed by atoms with E-state index < -0.39 is 0 Å². The van der Waals surface area contributed by atoms with Crippen LogP contribution in [0.2, 0.25) is 0 Å². The molecular weight excluding hydrogens is 653 g/mol. The molecule has 2 N–H and O–H groups in total. The molecule has 0 aliphatic heterocycles. The van der Waals surface area contributed by atoms with E-state index >= 15 is 0 Å². The molecule has 0 amide bonds. The molecule has 0 fully saturated rings. The van der Waals surface area contributed by atoms with Crippen molar-refractivity contribution in [2.45, 2.75) is 96.8 Å². The maximum atomic E-state index is 9.59. The van der Waals surface area contributed by atoms with Gasteiger partial charge in [-0.05, 0) is 52.8 Å². The minimum absolute atomic E-state index is 0.0134. The van der Waals surface area contributed by atoms with Gasteiger partial charge in [-0.3, -0.25) is 0 Å². The lowest BCUT2D eigenvalue weighted by atomic mass is 9.81. The Balaban J connectivity index is 0.000000281. The maximum Gasteiger partial charge on any atom is 0.127 e. The molecule has 0 heterocycles. The lowest BCUT2D eigenvalue weighted by molar-refractivity contribution is 0.198. The van der Waals surface area contributed by atoms with Crippen LogP contribution in [-0.4, -0.2) is 36.6 Å². The van der Waals surface area contributed by atoms with Crippen LogP contribution in [0.3, 0.4) is 0 Å². The van der Waals surface area contributed by atoms with Crippen molar-refractivity contribution in [1.82, 2.24) is 0 Å². The van der Waals surface area contributed by atoms with Gasteiger partial charge in [-0.2, -0.15) is 0 Å². The molecule has 4 heteroatoms. The van der Waals surface area contributed by atoms with E-state index in [4.69, 9.17) is 14.6 Å². The second-order valence-electron chi connectivity index (χ2n) is 14.1. The van der Waals surface area contributed by atoms with Crippen LogP contribution < -0.4 is 9.47 Å². The Kier molecular flexibility index (Phi) is 18.2. The van der Waals surface area contributed by atoms with Crippen molar-refractivity contribution in [2.24, 2.45) is 0 Å². The third-order valence-corrected chi connectivity index (χ3v) is 10.2. The van der Waals surface area contributed by atoms with E-state index in [0.717, 1.165) is 29.0 Å². The molecule has 5 rings (SSSR count). The number of aryl methyl sites for hydroxylation is 1. The molecule has 4 nitrogen and oxygen atoms in total. The SMILES string of the molecule is CC(c1ccccc1)c1cc(C(C)c2ccccc2)c(OCCO)c(C(C)c2ccccc2)c1.CCCCCCCCCc1ccc(OCCO)cc1. The lowest BCUT2D eigenvalue weighted by Gasteiger charge is -2.26. The Labute approximate surface area is 319 Å². The monoisotopic (exact) mass is 714 g/mol. The van der Waals surface area contributed by atoms with E-state index in [1.54, 1.807) is 0 Å². The van der Waals surface area contributed by atoms with Crippen LogP contribution in [0.25, 0.3) is 0 Å². The molecule has 0 aliphatic rings. The van der Waals surface area contributed by atoms with Gasteiger partial charge in [0.05, 0.1) is 13.2 Å². The Morgan fingerprint density at radius 3 is 1.38 bits per heavy atom. The summed E-state index contributed by atoms with van der Waals surface area (Å²) in [5.74, 6) is 2.29. The van der Waals surface area contributed by atoms with Crippen LogP contribution in [0.4, 0.5) is 0 Å². The molecule has 0 aromatic heterocycles. The summed E-state index contributed by atoms with van der Waals surface area (Å²) in [4.78, 5) is 0. The predicted molar refractivity (Wildman–Crippen MR) is 222 cm³/mol. The van der Waals surface area contributed by atoms with Gasteiger partial charge in [-0.15, -0.1) is 0 Å². The minimum Gasteiger partial charge on any atom is -0.491 e. The van der Waals surface area contributed by atoms with E-state index in [2.05, 4.69) is 143 Å². The zero-order valence-corrected chi connectivity index (χ0v) is 32.6. The highest BCUT2D eigenvalue weighted by atomic mass is 16.5. The molecule has 0 radical (unpaired) electrons. The Hall–Kier alpha value is -4.38. The third-order valence-electron chi connectivity index (χ3n) is 10.2. The summed E-state index contributed by atoms with van der Waals surface area (Å²) in [6, 6.07) is 44.7. The Morgan fingerprint density at radius 2 is 0.906 bits per heavy atom. The normalized spacial score (nSPS) is 12.6. The largest absolute Gasteiger partial charge is 0.491 e. The highest BCUT2D eigenvalue weighted by molar-refractivity contribution is 5.54. The number of unbranched alkanes of at least 4 members (excludes halogenated alkanes) is 6. The van der Waals surface area contributed by atoms with Crippen molar-refractivity contribution in [3.05, 3.63) is 166 Å². The average molecular weight is 715 g/mol. The van der Waals surface area contributed by atoms with Crippen molar-refractivity contribution in [2.75, 3.05) is 26.4 Å². The molecule has 0 saturated heterocycles. The fourth-order valence-electron chi connectivity index (χ4n) is 6.88. The number of rotatable bonds is 20. The van der Waals surface area contributed by atoms with E-state index in [-0.39, 0.29) is 37.6 Å². The number of aliphatic hydroxyl groups is 2. The highest BCUT2D eigenvalue weighted by Gasteiger charge is 2.24. The molecule has 3 atom stereocenters. The minimum atomic E-state index is -0.0134. The molecule has 53 heavy (non-hydrogen) atoms. The highest BCUT2D eigenvalue weighted by Crippen LogP contribution is 2.42. The van der Waals surface area contributed by atoms with Crippen LogP contribution in [0.1, 0.15) is 129 Å². The fraction of sp³-hybridized carbons (Fsp3) is 0.388. The lowest BCUT2D eigenvalue weighted by Crippen LogP contribution is -2.12. The number of ether oxygens (including phenoxy) is 2. The predicted octanol–water partition coefficient (Wildman–Crippen LogP) is 11.9. The standard InChI is InChI=1S/C32H34O2.C17H28O2/c1-23(26-13-7-4-8-14-26)29-21-30(24(2)27-15-9-5-10-16-27)32(34-20-19-33)31(22-29)25(3)28-17-11-6-12-18-28;1-2-3-4-5-6-7-8-9-16-10-12-17(13-11-16)19-15-14-18/h4-18,21-25,33H,19-20H2,1-3H3;10-13,18H,2-9,14-15H2,1H3. The van der Waals surface area contributed by atoms with Gasteiger partial charge in [0, 0.05) is 28.9 Å². The molecule has 3 unspecified atom stereocenters. The molecule has 0 bridgehead atoms. The summed E-state index contributed by atoms with van der Waals surface area (Å²) in [6.07, 6.45) is 10.6. The van der Waals surface area contributed by atoms with Crippen LogP contribution in [0.5, 0.6) is 11.5 Å². The first-order chi connectivity index (χ1) is 26.0. The first-order valence-electron chi connectivity index (χ1n) is 19.9. The van der Waals surface area contributed by atoms with Gasteiger partial charge in [0.15, 0.2) is 0 Å². The molecular formula is C49H62O4. The van der Waals surface area contributed by atoms with Crippen molar-refractivity contribution in [1.29, 1.82) is 0 Å². The van der Waals surface area contributed by atoms with Crippen molar-refractivity contribution >= 4 is 0 Å². The average Bonchev–Trinajstić information content (AvgIpc) is 3.22. The van der Waals surface area contributed by atoms with Gasteiger partial charge in [-0.1, -0.05) is 181 Å². The smallest absolute Gasteiger partial charge is 0.127 e. The van der Waals surface area contributed by atoms with Gasteiger partial charge in [0.1, 0.15) is 24.7 Å². The number of benzene rings is 5. The summed E-state index contributed by atoms with van der Waals surface area (Å²) in [6.45, 7) is 9.71. The van der Waals surface area contributed by atoms with E-state index in [1.807, 2.05) is 12.1 Å². The molecule has 5 aromatic rings. The zero-order chi connectivity index (χ0) is 37.7. The van der Waals surface area contributed by atoms with Gasteiger partial charge in [-0.25, -0.2) is 0 Å².